The molecule has 116 valence electrons. The van der Waals surface area contributed by atoms with Gasteiger partial charge in [-0.1, -0.05) is 17.7 Å². The van der Waals surface area contributed by atoms with Crippen LogP contribution in [-0.4, -0.2) is 17.6 Å². The zero-order valence-corrected chi connectivity index (χ0v) is 13.6. The van der Waals surface area contributed by atoms with Crippen LogP contribution in [0.3, 0.4) is 0 Å². The number of aromatic nitrogens is 1. The average Bonchev–Trinajstić information content (AvgIpc) is 2.46. The third kappa shape index (κ3) is 3.39. The highest BCUT2D eigenvalue weighted by Crippen LogP contribution is 2.15. The van der Waals surface area contributed by atoms with Crippen molar-refractivity contribution in [1.29, 1.82) is 0 Å². The van der Waals surface area contributed by atoms with Crippen LogP contribution >= 0.6 is 11.6 Å². The van der Waals surface area contributed by atoms with Crippen molar-refractivity contribution in [3.05, 3.63) is 56.4 Å². The number of nitrogens with one attached hydrogen (secondary N) is 1. The van der Waals surface area contributed by atoms with E-state index < -0.39 is 5.97 Å². The lowest BCUT2D eigenvalue weighted by molar-refractivity contribution is 0.0526. The molecule has 0 saturated carbocycles. The fourth-order valence-electron chi connectivity index (χ4n) is 2.28. The first-order chi connectivity index (χ1) is 10.4. The molecule has 0 radical (unpaired) electrons. The molecule has 1 N–H and O–H groups in total. The molecule has 0 fully saturated rings. The molecule has 0 aliphatic heterocycles. The third-order valence-corrected chi connectivity index (χ3v) is 3.57. The Labute approximate surface area is 133 Å². The summed E-state index contributed by atoms with van der Waals surface area (Å²) in [6, 6.07) is 4.95. The molecule has 0 spiro atoms. The van der Waals surface area contributed by atoms with Crippen LogP contribution in [0.1, 0.15) is 35.5 Å². The topological polar surface area (TPSA) is 59.2 Å². The maximum absolute atomic E-state index is 12.7. The first kappa shape index (κ1) is 16.3. The Kier molecular flexibility index (Phi) is 5.03. The summed E-state index contributed by atoms with van der Waals surface area (Å²) in [5, 5.41) is 1.12. The Morgan fingerprint density at radius 2 is 2.14 bits per heavy atom. The molecule has 4 nitrogen and oxygen atoms in total. The zero-order valence-electron chi connectivity index (χ0n) is 12.8. The van der Waals surface area contributed by atoms with Crippen LogP contribution in [0.4, 0.5) is 0 Å². The number of aryl methyl sites for hydroxylation is 1. The zero-order chi connectivity index (χ0) is 16.3. The Morgan fingerprint density at radius 3 is 2.77 bits per heavy atom. The minimum Gasteiger partial charge on any atom is -0.462 e. The van der Waals surface area contributed by atoms with E-state index in [9.17, 15) is 9.59 Å². The summed E-state index contributed by atoms with van der Waals surface area (Å²) in [6.07, 6.45) is 2.25. The van der Waals surface area contributed by atoms with Gasteiger partial charge in [-0.2, -0.15) is 0 Å². The van der Waals surface area contributed by atoms with Crippen molar-refractivity contribution in [1.82, 2.24) is 4.98 Å². The van der Waals surface area contributed by atoms with Crippen LogP contribution in [-0.2, 0) is 11.2 Å². The van der Waals surface area contributed by atoms with E-state index in [1.807, 2.05) is 6.92 Å². The molecular formula is C17H18ClNO3. The van der Waals surface area contributed by atoms with E-state index in [4.69, 9.17) is 16.3 Å². The van der Waals surface area contributed by atoms with Crippen LogP contribution in [0.25, 0.3) is 10.9 Å². The SMILES string of the molecule is CCOC(=O)c1ccc2[nH]c(C)c(CC=C(C)Cl)c(=O)c2c1. The van der Waals surface area contributed by atoms with Crippen molar-refractivity contribution in [2.45, 2.75) is 27.2 Å². The molecule has 2 rings (SSSR count). The molecule has 0 saturated heterocycles. The summed E-state index contributed by atoms with van der Waals surface area (Å²) < 4.78 is 4.97. The number of halogens is 1. The summed E-state index contributed by atoms with van der Waals surface area (Å²) in [5.74, 6) is -0.428. The fourth-order valence-corrected chi connectivity index (χ4v) is 2.36. The quantitative estimate of drug-likeness (QED) is 0.874. The first-order valence-corrected chi connectivity index (χ1v) is 7.46. The van der Waals surface area contributed by atoms with Gasteiger partial charge in [0, 0.05) is 27.2 Å². The van der Waals surface area contributed by atoms with Gasteiger partial charge in [-0.25, -0.2) is 4.79 Å². The minimum atomic E-state index is -0.428. The van der Waals surface area contributed by atoms with Gasteiger partial charge in [0.05, 0.1) is 12.2 Å². The maximum atomic E-state index is 12.7. The second kappa shape index (κ2) is 6.79. The fraction of sp³-hybridized carbons (Fsp3) is 0.294. The summed E-state index contributed by atoms with van der Waals surface area (Å²) in [6.45, 7) is 5.66. The summed E-state index contributed by atoms with van der Waals surface area (Å²) in [7, 11) is 0. The molecule has 0 bridgehead atoms. The number of rotatable bonds is 4. The van der Waals surface area contributed by atoms with E-state index in [2.05, 4.69) is 4.98 Å². The van der Waals surface area contributed by atoms with Gasteiger partial charge in [0.25, 0.3) is 0 Å². The van der Waals surface area contributed by atoms with Gasteiger partial charge >= 0.3 is 5.97 Å². The number of H-pyrrole nitrogens is 1. The number of ether oxygens (including phenoxy) is 1. The summed E-state index contributed by atoms with van der Waals surface area (Å²) in [4.78, 5) is 27.7. The molecule has 1 aromatic carbocycles. The summed E-state index contributed by atoms with van der Waals surface area (Å²) in [5.41, 5.74) is 2.43. The lowest BCUT2D eigenvalue weighted by Crippen LogP contribution is -2.14. The van der Waals surface area contributed by atoms with Crippen molar-refractivity contribution < 1.29 is 9.53 Å². The molecule has 0 unspecified atom stereocenters. The Bertz CT molecular complexity index is 801. The van der Waals surface area contributed by atoms with Crippen molar-refractivity contribution in [2.24, 2.45) is 0 Å². The number of benzene rings is 1. The molecule has 0 aliphatic carbocycles. The predicted molar refractivity (Wildman–Crippen MR) is 88.6 cm³/mol. The number of pyridine rings is 1. The van der Waals surface area contributed by atoms with Crippen LogP contribution in [0.2, 0.25) is 0 Å². The highest BCUT2D eigenvalue weighted by molar-refractivity contribution is 6.29. The second-order valence-electron chi connectivity index (χ2n) is 5.03. The Balaban J connectivity index is 2.58. The highest BCUT2D eigenvalue weighted by Gasteiger charge is 2.12. The molecule has 1 aromatic heterocycles. The van der Waals surface area contributed by atoms with Crippen molar-refractivity contribution in [3.8, 4) is 0 Å². The maximum Gasteiger partial charge on any atom is 0.338 e. The standard InChI is InChI=1S/C17H18ClNO3/c1-4-22-17(21)12-6-8-15-14(9-12)16(20)13(11(3)19-15)7-5-10(2)18/h5-6,8-9H,4,7H2,1-3H3,(H,19,20). The van der Waals surface area contributed by atoms with Gasteiger partial charge in [-0.15, -0.1) is 0 Å². The van der Waals surface area contributed by atoms with Crippen molar-refractivity contribution in [3.63, 3.8) is 0 Å². The van der Waals surface area contributed by atoms with Crippen LogP contribution in [0.15, 0.2) is 34.1 Å². The number of allylic oxidation sites excluding steroid dienone is 2. The van der Waals surface area contributed by atoms with E-state index in [0.717, 1.165) is 5.69 Å². The van der Waals surface area contributed by atoms with Gasteiger partial charge in [-0.3, -0.25) is 4.79 Å². The molecule has 0 amide bonds. The first-order valence-electron chi connectivity index (χ1n) is 7.09. The van der Waals surface area contributed by atoms with Crippen LogP contribution < -0.4 is 5.43 Å². The molecule has 2 aromatic rings. The predicted octanol–water partition coefficient (Wildman–Crippen LogP) is 3.70. The van der Waals surface area contributed by atoms with Gasteiger partial charge in [0.1, 0.15) is 0 Å². The third-order valence-electron chi connectivity index (χ3n) is 3.41. The lowest BCUT2D eigenvalue weighted by Gasteiger charge is -2.08. The van der Waals surface area contributed by atoms with Gasteiger partial charge < -0.3 is 9.72 Å². The largest absolute Gasteiger partial charge is 0.462 e. The van der Waals surface area contributed by atoms with Crippen molar-refractivity contribution in [2.75, 3.05) is 6.61 Å². The summed E-state index contributed by atoms with van der Waals surface area (Å²) >= 11 is 5.84. The van der Waals surface area contributed by atoms with E-state index in [0.29, 0.717) is 40.1 Å². The second-order valence-corrected chi connectivity index (χ2v) is 5.63. The van der Waals surface area contributed by atoms with Gasteiger partial charge in [-0.05, 0) is 45.4 Å². The number of fused-ring (bicyclic) bond motifs is 1. The number of hydrogen-bond donors (Lipinski definition) is 1. The molecular weight excluding hydrogens is 302 g/mol. The van der Waals surface area contributed by atoms with E-state index >= 15 is 0 Å². The van der Waals surface area contributed by atoms with E-state index in [1.165, 1.54) is 0 Å². The number of carbonyl (C=O) groups excluding carboxylic acids is 1. The molecule has 22 heavy (non-hydrogen) atoms. The number of hydrogen-bond acceptors (Lipinski definition) is 3. The Hall–Kier alpha value is -2.07. The minimum absolute atomic E-state index is 0.0911. The van der Waals surface area contributed by atoms with Gasteiger partial charge in [0.15, 0.2) is 5.43 Å². The molecule has 5 heteroatoms. The number of carbonyl (C=O) groups is 1. The normalized spacial score (nSPS) is 11.7. The average molecular weight is 320 g/mol. The smallest absolute Gasteiger partial charge is 0.338 e. The molecule has 1 heterocycles. The van der Waals surface area contributed by atoms with Gasteiger partial charge in [0.2, 0.25) is 0 Å². The van der Waals surface area contributed by atoms with Crippen LogP contribution in [0.5, 0.6) is 0 Å². The number of esters is 1. The van der Waals surface area contributed by atoms with Crippen LogP contribution in [0, 0.1) is 6.92 Å². The van der Waals surface area contributed by atoms with E-state index in [-0.39, 0.29) is 5.43 Å². The molecule has 0 atom stereocenters. The highest BCUT2D eigenvalue weighted by atomic mass is 35.5. The molecule has 0 aliphatic rings. The number of aromatic amines is 1. The van der Waals surface area contributed by atoms with Crippen molar-refractivity contribution >= 4 is 28.5 Å². The van der Waals surface area contributed by atoms with E-state index in [1.54, 1.807) is 38.1 Å². The monoisotopic (exact) mass is 319 g/mol. The Morgan fingerprint density at radius 1 is 1.41 bits per heavy atom. The lowest BCUT2D eigenvalue weighted by atomic mass is 10.0.